The number of methoxy groups -OCH3 is 1. The summed E-state index contributed by atoms with van der Waals surface area (Å²) in [6.07, 6.45) is 0. The van der Waals surface area contributed by atoms with Crippen molar-refractivity contribution in [3.05, 3.63) is 83.9 Å². The molecule has 3 rings (SSSR count). The van der Waals surface area contributed by atoms with Gasteiger partial charge in [-0.15, -0.1) is 0 Å². The van der Waals surface area contributed by atoms with Gasteiger partial charge in [-0.2, -0.15) is 0 Å². The van der Waals surface area contributed by atoms with E-state index in [0.717, 1.165) is 5.56 Å². The number of carbonyl (C=O) groups is 2. The van der Waals surface area contributed by atoms with Gasteiger partial charge in [-0.05, 0) is 61.5 Å². The molecule has 0 saturated heterocycles. The summed E-state index contributed by atoms with van der Waals surface area (Å²) in [5.74, 6) is 0.428. The summed E-state index contributed by atoms with van der Waals surface area (Å²) in [5, 5.41) is 8.35. The number of ether oxygens (including phenoxy) is 2. The quantitative estimate of drug-likeness (QED) is 0.472. The molecule has 3 aromatic rings. The maximum absolute atomic E-state index is 12.6. The first-order chi connectivity index (χ1) is 15.1. The number of carbonyl (C=O) groups excluding carboxylic acids is 2. The van der Waals surface area contributed by atoms with Crippen LogP contribution in [0.3, 0.4) is 0 Å². The molecule has 0 aliphatic carbocycles. The molecule has 0 fully saturated rings. The second kappa shape index (κ2) is 10.8. The van der Waals surface area contributed by atoms with Crippen LogP contribution in [-0.4, -0.2) is 25.7 Å². The number of para-hydroxylation sites is 1. The lowest BCUT2D eigenvalue weighted by Crippen LogP contribution is -2.19. The third-order valence-corrected chi connectivity index (χ3v) is 4.44. The second-order valence-corrected chi connectivity index (χ2v) is 6.64. The third kappa shape index (κ3) is 6.32. The van der Waals surface area contributed by atoms with E-state index in [0.29, 0.717) is 41.6 Å². The monoisotopic (exact) mass is 419 g/mol. The molecule has 0 bridgehead atoms. The van der Waals surface area contributed by atoms with E-state index in [1.807, 2.05) is 25.1 Å². The average molecular weight is 419 g/mol. The highest BCUT2D eigenvalue weighted by Gasteiger charge is 2.11. The van der Waals surface area contributed by atoms with E-state index in [9.17, 15) is 9.59 Å². The van der Waals surface area contributed by atoms with E-state index < -0.39 is 0 Å². The molecule has 0 heterocycles. The lowest BCUT2D eigenvalue weighted by atomic mass is 10.1. The molecule has 3 amide bonds. The Labute approximate surface area is 181 Å². The largest absolute Gasteiger partial charge is 0.496 e. The van der Waals surface area contributed by atoms with E-state index in [4.69, 9.17) is 9.47 Å². The highest BCUT2D eigenvalue weighted by atomic mass is 16.5. The van der Waals surface area contributed by atoms with E-state index in [1.165, 1.54) is 0 Å². The smallest absolute Gasteiger partial charge is 0.323 e. The van der Waals surface area contributed by atoms with Gasteiger partial charge in [0, 0.05) is 34.8 Å². The number of amides is 3. The molecule has 0 radical (unpaired) electrons. The molecule has 0 aliphatic rings. The summed E-state index contributed by atoms with van der Waals surface area (Å²) < 4.78 is 10.8. The molecule has 31 heavy (non-hydrogen) atoms. The number of urea groups is 1. The molecular formula is C24H25N3O4. The molecule has 3 N–H and O–H groups in total. The van der Waals surface area contributed by atoms with Crippen LogP contribution in [0.1, 0.15) is 22.8 Å². The highest BCUT2D eigenvalue weighted by Crippen LogP contribution is 2.22. The SMILES string of the molecule is CCOCc1cc(C(=O)Nc2ccc(NC(=O)Nc3ccccc3)cc2)ccc1OC. The number of nitrogens with one attached hydrogen (secondary N) is 3. The van der Waals surface area contributed by atoms with Gasteiger partial charge in [0.2, 0.25) is 0 Å². The molecule has 0 unspecified atom stereocenters. The van der Waals surface area contributed by atoms with Gasteiger partial charge < -0.3 is 25.4 Å². The highest BCUT2D eigenvalue weighted by molar-refractivity contribution is 6.05. The van der Waals surface area contributed by atoms with Crippen molar-refractivity contribution in [1.29, 1.82) is 0 Å². The van der Waals surface area contributed by atoms with Gasteiger partial charge in [0.25, 0.3) is 5.91 Å². The van der Waals surface area contributed by atoms with Crippen LogP contribution in [0, 0.1) is 0 Å². The topological polar surface area (TPSA) is 88.7 Å². The van der Waals surface area contributed by atoms with E-state index in [-0.39, 0.29) is 11.9 Å². The Morgan fingerprint density at radius 3 is 2.03 bits per heavy atom. The Morgan fingerprint density at radius 1 is 0.806 bits per heavy atom. The van der Waals surface area contributed by atoms with Crippen LogP contribution in [0.15, 0.2) is 72.8 Å². The van der Waals surface area contributed by atoms with Crippen LogP contribution in [0.4, 0.5) is 21.9 Å². The first-order valence-electron chi connectivity index (χ1n) is 9.88. The van der Waals surface area contributed by atoms with Gasteiger partial charge in [0.15, 0.2) is 0 Å². The van der Waals surface area contributed by atoms with Crippen molar-refractivity contribution in [2.24, 2.45) is 0 Å². The van der Waals surface area contributed by atoms with Crippen LogP contribution >= 0.6 is 0 Å². The van der Waals surface area contributed by atoms with Crippen LogP contribution in [0.2, 0.25) is 0 Å². The van der Waals surface area contributed by atoms with Gasteiger partial charge in [-0.25, -0.2) is 4.79 Å². The Balaban J connectivity index is 1.60. The zero-order chi connectivity index (χ0) is 22.1. The van der Waals surface area contributed by atoms with Crippen molar-refractivity contribution in [2.75, 3.05) is 29.7 Å². The average Bonchev–Trinajstić information content (AvgIpc) is 2.79. The van der Waals surface area contributed by atoms with E-state index in [1.54, 1.807) is 61.7 Å². The Bertz CT molecular complexity index is 1020. The lowest BCUT2D eigenvalue weighted by Gasteiger charge is -2.12. The van der Waals surface area contributed by atoms with Crippen molar-refractivity contribution >= 4 is 29.0 Å². The molecule has 0 aliphatic heterocycles. The van der Waals surface area contributed by atoms with Crippen LogP contribution in [0.25, 0.3) is 0 Å². The second-order valence-electron chi connectivity index (χ2n) is 6.64. The number of rotatable bonds is 8. The van der Waals surface area contributed by atoms with Crippen molar-refractivity contribution in [1.82, 2.24) is 0 Å². The first kappa shape index (κ1) is 21.9. The van der Waals surface area contributed by atoms with Gasteiger partial charge in [-0.3, -0.25) is 4.79 Å². The zero-order valence-corrected chi connectivity index (χ0v) is 17.5. The molecule has 0 saturated carbocycles. The Hall–Kier alpha value is -3.84. The number of anilines is 3. The number of hydrogen-bond donors (Lipinski definition) is 3. The van der Waals surface area contributed by atoms with Gasteiger partial charge in [0.1, 0.15) is 5.75 Å². The summed E-state index contributed by atoms with van der Waals surface area (Å²) in [5.41, 5.74) is 3.23. The van der Waals surface area contributed by atoms with Gasteiger partial charge in [-0.1, -0.05) is 18.2 Å². The fraction of sp³-hybridized carbons (Fsp3) is 0.167. The first-order valence-corrected chi connectivity index (χ1v) is 9.88. The Morgan fingerprint density at radius 2 is 1.42 bits per heavy atom. The predicted molar refractivity (Wildman–Crippen MR) is 122 cm³/mol. The van der Waals surface area contributed by atoms with Crippen LogP contribution in [0.5, 0.6) is 5.75 Å². The molecule has 160 valence electrons. The minimum Gasteiger partial charge on any atom is -0.496 e. The maximum Gasteiger partial charge on any atom is 0.323 e. The molecular weight excluding hydrogens is 394 g/mol. The normalized spacial score (nSPS) is 10.3. The van der Waals surface area contributed by atoms with E-state index >= 15 is 0 Å². The fourth-order valence-electron chi connectivity index (χ4n) is 2.90. The van der Waals surface area contributed by atoms with E-state index in [2.05, 4.69) is 16.0 Å². The molecule has 7 nitrogen and oxygen atoms in total. The summed E-state index contributed by atoms with van der Waals surface area (Å²) in [4.78, 5) is 24.7. The van der Waals surface area contributed by atoms with Crippen LogP contribution in [-0.2, 0) is 11.3 Å². The van der Waals surface area contributed by atoms with Gasteiger partial charge in [0.05, 0.1) is 13.7 Å². The standard InChI is InChI=1S/C24H25N3O4/c1-3-31-16-18-15-17(9-14-22(18)30-2)23(28)25-20-10-12-21(13-11-20)27-24(29)26-19-7-5-4-6-8-19/h4-15H,3,16H2,1-2H3,(H,25,28)(H2,26,27,29). The van der Waals surface area contributed by atoms with Crippen molar-refractivity contribution in [3.63, 3.8) is 0 Å². The summed E-state index contributed by atoms with van der Waals surface area (Å²) >= 11 is 0. The van der Waals surface area contributed by atoms with Gasteiger partial charge >= 0.3 is 6.03 Å². The zero-order valence-electron chi connectivity index (χ0n) is 17.5. The minimum atomic E-state index is -0.344. The molecule has 7 heteroatoms. The number of hydrogen-bond acceptors (Lipinski definition) is 4. The molecule has 3 aromatic carbocycles. The van der Waals surface area contributed by atoms with Crippen LogP contribution < -0.4 is 20.7 Å². The summed E-state index contributed by atoms with van der Waals surface area (Å²) in [7, 11) is 1.58. The predicted octanol–water partition coefficient (Wildman–Crippen LogP) is 5.13. The van der Waals surface area contributed by atoms with Crippen molar-refractivity contribution in [3.8, 4) is 5.75 Å². The number of benzene rings is 3. The molecule has 0 aromatic heterocycles. The fourth-order valence-corrected chi connectivity index (χ4v) is 2.90. The summed E-state index contributed by atoms with van der Waals surface area (Å²) in [6.45, 7) is 2.85. The Kier molecular flexibility index (Phi) is 7.61. The van der Waals surface area contributed by atoms with Crippen molar-refractivity contribution < 1.29 is 19.1 Å². The maximum atomic E-state index is 12.6. The molecule has 0 spiro atoms. The lowest BCUT2D eigenvalue weighted by molar-refractivity contribution is 0.102. The molecule has 0 atom stereocenters. The minimum absolute atomic E-state index is 0.247. The summed E-state index contributed by atoms with van der Waals surface area (Å²) in [6, 6.07) is 20.9. The van der Waals surface area contributed by atoms with Crippen molar-refractivity contribution in [2.45, 2.75) is 13.5 Å². The third-order valence-electron chi connectivity index (χ3n) is 4.44.